The van der Waals surface area contributed by atoms with Gasteiger partial charge >= 0.3 is 0 Å². The highest BCUT2D eigenvalue weighted by Gasteiger charge is 2.44. The second kappa shape index (κ2) is 7.86. The van der Waals surface area contributed by atoms with Gasteiger partial charge in [-0.2, -0.15) is 0 Å². The Kier molecular flexibility index (Phi) is 6.45. The van der Waals surface area contributed by atoms with Crippen molar-refractivity contribution in [1.82, 2.24) is 0 Å². The van der Waals surface area contributed by atoms with Crippen molar-refractivity contribution in [3.05, 3.63) is 0 Å². The SMILES string of the molecule is CCCCCCC[Si](C)(C1CCCC1)C1CCCC1. The van der Waals surface area contributed by atoms with E-state index in [0.717, 1.165) is 0 Å². The van der Waals surface area contributed by atoms with Crippen molar-refractivity contribution in [1.29, 1.82) is 0 Å². The van der Waals surface area contributed by atoms with Crippen molar-refractivity contribution < 1.29 is 0 Å². The molecule has 2 aliphatic carbocycles. The minimum atomic E-state index is -0.943. The predicted molar refractivity (Wildman–Crippen MR) is 89.6 cm³/mol. The Morgan fingerprint density at radius 2 is 1.21 bits per heavy atom. The van der Waals surface area contributed by atoms with Crippen LogP contribution in [0, 0.1) is 0 Å². The van der Waals surface area contributed by atoms with E-state index in [1.165, 1.54) is 36.8 Å². The van der Waals surface area contributed by atoms with Gasteiger partial charge in [-0.05, 0) is 11.1 Å². The first-order chi connectivity index (χ1) is 9.27. The normalized spacial score (nSPS) is 22.4. The molecule has 0 aliphatic heterocycles. The lowest BCUT2D eigenvalue weighted by Crippen LogP contribution is -2.39. The maximum atomic E-state index is 2.82. The summed E-state index contributed by atoms with van der Waals surface area (Å²) in [6, 6.07) is 1.67. The van der Waals surface area contributed by atoms with Gasteiger partial charge in [0.2, 0.25) is 0 Å². The molecule has 0 aromatic heterocycles. The Labute approximate surface area is 122 Å². The molecule has 0 radical (unpaired) electrons. The molecule has 0 amide bonds. The van der Waals surface area contributed by atoms with Gasteiger partial charge in [-0.25, -0.2) is 0 Å². The first kappa shape index (κ1) is 15.6. The largest absolute Gasteiger partial charge is 0.0687 e. The van der Waals surface area contributed by atoms with Crippen LogP contribution in [0.15, 0.2) is 0 Å². The molecule has 0 spiro atoms. The van der Waals surface area contributed by atoms with Crippen LogP contribution in [0.5, 0.6) is 0 Å². The third kappa shape index (κ3) is 4.09. The van der Waals surface area contributed by atoms with E-state index < -0.39 is 8.07 Å². The van der Waals surface area contributed by atoms with Crippen molar-refractivity contribution in [3.63, 3.8) is 0 Å². The number of hydrogen-bond acceptors (Lipinski definition) is 0. The van der Waals surface area contributed by atoms with E-state index in [4.69, 9.17) is 0 Å². The third-order valence-electron chi connectivity index (χ3n) is 6.39. The first-order valence-corrected chi connectivity index (χ1v) is 12.1. The maximum absolute atomic E-state index is 2.82. The van der Waals surface area contributed by atoms with E-state index in [-0.39, 0.29) is 0 Å². The summed E-state index contributed by atoms with van der Waals surface area (Å²) in [5.41, 5.74) is 2.42. The van der Waals surface area contributed by atoms with Crippen molar-refractivity contribution in [2.45, 2.75) is 114 Å². The van der Waals surface area contributed by atoms with Crippen LogP contribution in [0.3, 0.4) is 0 Å². The van der Waals surface area contributed by atoms with Crippen LogP contribution in [0.2, 0.25) is 23.7 Å². The number of unbranched alkanes of at least 4 members (excludes halogenated alkanes) is 4. The summed E-state index contributed by atoms with van der Waals surface area (Å²) >= 11 is 0. The van der Waals surface area contributed by atoms with Crippen molar-refractivity contribution in [2.75, 3.05) is 0 Å². The van der Waals surface area contributed by atoms with Crippen LogP contribution >= 0.6 is 0 Å². The molecule has 0 aromatic carbocycles. The van der Waals surface area contributed by atoms with Gasteiger partial charge in [0.1, 0.15) is 0 Å². The fourth-order valence-electron chi connectivity index (χ4n) is 5.02. The van der Waals surface area contributed by atoms with Gasteiger partial charge in [0.25, 0.3) is 0 Å². The third-order valence-corrected chi connectivity index (χ3v) is 12.7. The molecule has 0 nitrogen and oxygen atoms in total. The fraction of sp³-hybridized carbons (Fsp3) is 1.00. The molecular formula is C18H36Si. The van der Waals surface area contributed by atoms with Gasteiger partial charge in [-0.3, -0.25) is 0 Å². The summed E-state index contributed by atoms with van der Waals surface area (Å²) in [4.78, 5) is 0. The molecule has 0 bridgehead atoms. The first-order valence-electron chi connectivity index (χ1n) is 9.27. The second-order valence-corrected chi connectivity index (χ2v) is 12.8. The highest BCUT2D eigenvalue weighted by atomic mass is 28.3. The van der Waals surface area contributed by atoms with Gasteiger partial charge in [-0.15, -0.1) is 0 Å². The van der Waals surface area contributed by atoms with Crippen LogP contribution in [-0.4, -0.2) is 8.07 Å². The smallest absolute Gasteiger partial charge is 0.0567 e. The second-order valence-electron chi connectivity index (χ2n) is 7.63. The van der Waals surface area contributed by atoms with Crippen molar-refractivity contribution in [2.24, 2.45) is 0 Å². The Bertz CT molecular complexity index is 220. The van der Waals surface area contributed by atoms with Gasteiger partial charge < -0.3 is 0 Å². The van der Waals surface area contributed by atoms with Crippen molar-refractivity contribution >= 4 is 8.07 Å². The lowest BCUT2D eigenvalue weighted by molar-refractivity contribution is 0.640. The monoisotopic (exact) mass is 280 g/mol. The zero-order valence-corrected chi connectivity index (χ0v) is 14.6. The molecule has 2 aliphatic rings. The molecule has 0 N–H and O–H groups in total. The zero-order chi connectivity index (χ0) is 13.6. The maximum Gasteiger partial charge on any atom is 0.0567 e. The van der Waals surface area contributed by atoms with E-state index in [9.17, 15) is 0 Å². The summed E-state index contributed by atoms with van der Waals surface area (Å²) in [7, 11) is -0.943. The van der Waals surface area contributed by atoms with Crippen LogP contribution in [-0.2, 0) is 0 Å². The summed E-state index contributed by atoms with van der Waals surface area (Å²) in [5, 5.41) is 0. The van der Waals surface area contributed by atoms with Crippen LogP contribution in [0.4, 0.5) is 0 Å². The number of hydrogen-bond donors (Lipinski definition) is 0. The van der Waals surface area contributed by atoms with E-state index >= 15 is 0 Å². The van der Waals surface area contributed by atoms with Crippen LogP contribution < -0.4 is 0 Å². The zero-order valence-electron chi connectivity index (χ0n) is 13.6. The van der Waals surface area contributed by atoms with E-state index in [2.05, 4.69) is 13.5 Å². The summed E-state index contributed by atoms with van der Waals surface area (Å²) in [6.45, 7) is 5.15. The fourth-order valence-corrected chi connectivity index (χ4v) is 11.0. The van der Waals surface area contributed by atoms with E-state index in [1.54, 1.807) is 63.8 Å². The molecule has 0 heterocycles. The summed E-state index contributed by atoms with van der Waals surface area (Å²) < 4.78 is 0. The molecule has 2 rings (SSSR count). The Morgan fingerprint density at radius 1 is 0.737 bits per heavy atom. The topological polar surface area (TPSA) is 0 Å². The van der Waals surface area contributed by atoms with Gasteiger partial charge in [0, 0.05) is 0 Å². The molecule has 0 saturated heterocycles. The molecule has 2 fully saturated rings. The molecular weight excluding hydrogens is 244 g/mol. The molecule has 19 heavy (non-hydrogen) atoms. The average molecular weight is 281 g/mol. The van der Waals surface area contributed by atoms with E-state index in [0.29, 0.717) is 0 Å². The molecule has 2 saturated carbocycles. The summed E-state index contributed by atoms with van der Waals surface area (Å²) in [6.07, 6.45) is 20.1. The van der Waals surface area contributed by atoms with Gasteiger partial charge in [-0.1, -0.05) is 103 Å². The molecule has 0 aromatic rings. The van der Waals surface area contributed by atoms with Gasteiger partial charge in [0.05, 0.1) is 8.07 Å². The van der Waals surface area contributed by atoms with Gasteiger partial charge in [0.15, 0.2) is 0 Å². The highest BCUT2D eigenvalue weighted by Crippen LogP contribution is 2.52. The van der Waals surface area contributed by atoms with Crippen molar-refractivity contribution in [3.8, 4) is 0 Å². The Hall–Kier alpha value is 0.217. The molecule has 1 heteroatoms. The molecule has 112 valence electrons. The predicted octanol–water partition coefficient (Wildman–Crippen LogP) is 6.92. The quantitative estimate of drug-likeness (QED) is 0.334. The molecule has 0 unspecified atom stereocenters. The van der Waals surface area contributed by atoms with E-state index in [1.807, 2.05) is 0 Å². The highest BCUT2D eigenvalue weighted by molar-refractivity contribution is 6.81. The standard InChI is InChI=1S/C18H36Si/c1-3-4-5-6-11-16-19(2,17-12-7-8-13-17)18-14-9-10-15-18/h17-18H,3-16H2,1-2H3. The van der Waals surface area contributed by atoms with Crippen LogP contribution in [0.1, 0.15) is 90.4 Å². The minimum absolute atomic E-state index is 0.943. The van der Waals surface area contributed by atoms with Crippen LogP contribution in [0.25, 0.3) is 0 Å². The Morgan fingerprint density at radius 3 is 1.68 bits per heavy atom. The number of rotatable bonds is 8. The average Bonchev–Trinajstić information content (AvgIpc) is 3.11. The molecule has 0 atom stereocenters. The summed E-state index contributed by atoms with van der Waals surface area (Å²) in [5.74, 6) is 0. The Balaban J connectivity index is 1.85. The lowest BCUT2D eigenvalue weighted by atomic mass is 10.2. The minimum Gasteiger partial charge on any atom is -0.0687 e. The lowest BCUT2D eigenvalue weighted by Gasteiger charge is -2.39.